The molecule has 2 rings (SSSR count). The van der Waals surface area contributed by atoms with Gasteiger partial charge in [-0.05, 0) is 54.0 Å². The minimum absolute atomic E-state index is 0.333. The van der Waals surface area contributed by atoms with Crippen molar-refractivity contribution in [2.75, 3.05) is 42.7 Å². The van der Waals surface area contributed by atoms with E-state index < -0.39 is 0 Å². The van der Waals surface area contributed by atoms with Gasteiger partial charge in [0.2, 0.25) is 11.5 Å². The summed E-state index contributed by atoms with van der Waals surface area (Å²) in [5.74, 6) is 4.19. The van der Waals surface area contributed by atoms with Crippen molar-refractivity contribution in [3.63, 3.8) is 0 Å². The second-order valence-electron chi connectivity index (χ2n) is 7.51. The third kappa shape index (κ3) is 5.42. The molecule has 6 nitrogen and oxygen atoms in total. The van der Waals surface area contributed by atoms with Crippen LogP contribution in [-0.2, 0) is 12.8 Å². The van der Waals surface area contributed by atoms with Crippen LogP contribution >= 0.6 is 11.6 Å². The number of rotatable bonds is 11. The molecule has 0 spiro atoms. The number of methoxy groups -OCH3 is 6. The fourth-order valence-electron chi connectivity index (χ4n) is 3.69. The topological polar surface area (TPSA) is 55.4 Å². The summed E-state index contributed by atoms with van der Waals surface area (Å²) in [4.78, 5) is 0. The van der Waals surface area contributed by atoms with Gasteiger partial charge in [0, 0.05) is 0 Å². The van der Waals surface area contributed by atoms with Gasteiger partial charge in [-0.15, -0.1) is 0 Å². The standard InChI is InChI=1S/C24H33ClO6/c1-14(9-16-11-18(26-3)22(29-6)19(12-16)27-4)15(2)10-17-13-20(28-5)23(30-7)24(31-8)21(17)25/h11-15H,9-10H2,1-8H3/t14-,15-/m1/s1. The van der Waals surface area contributed by atoms with Crippen LogP contribution < -0.4 is 28.4 Å². The van der Waals surface area contributed by atoms with Crippen LogP contribution in [0.5, 0.6) is 34.5 Å². The highest BCUT2D eigenvalue weighted by molar-refractivity contribution is 6.33. The van der Waals surface area contributed by atoms with E-state index in [1.165, 1.54) is 0 Å². The van der Waals surface area contributed by atoms with E-state index in [0.29, 0.717) is 51.4 Å². The average Bonchev–Trinajstić information content (AvgIpc) is 2.78. The van der Waals surface area contributed by atoms with E-state index in [9.17, 15) is 0 Å². The first kappa shape index (κ1) is 24.8. The molecule has 7 heteroatoms. The Hall–Kier alpha value is -2.47. The number of benzene rings is 2. The van der Waals surface area contributed by atoms with E-state index in [4.69, 9.17) is 40.0 Å². The Bertz CT molecular complexity index is 858. The second-order valence-corrected chi connectivity index (χ2v) is 7.89. The highest BCUT2D eigenvalue weighted by Crippen LogP contribution is 2.45. The smallest absolute Gasteiger partial charge is 0.204 e. The van der Waals surface area contributed by atoms with Crippen LogP contribution in [0.2, 0.25) is 5.02 Å². The molecule has 2 aromatic carbocycles. The summed E-state index contributed by atoms with van der Waals surface area (Å²) < 4.78 is 32.8. The molecule has 0 fully saturated rings. The van der Waals surface area contributed by atoms with E-state index in [1.807, 2.05) is 18.2 Å². The molecule has 2 atom stereocenters. The lowest BCUT2D eigenvalue weighted by molar-refractivity contribution is 0.321. The number of halogens is 1. The van der Waals surface area contributed by atoms with Gasteiger partial charge in [0.15, 0.2) is 23.0 Å². The fourth-order valence-corrected chi connectivity index (χ4v) is 3.99. The molecule has 0 N–H and O–H groups in total. The van der Waals surface area contributed by atoms with Gasteiger partial charge < -0.3 is 28.4 Å². The maximum atomic E-state index is 6.64. The van der Waals surface area contributed by atoms with Crippen LogP contribution in [0, 0.1) is 11.8 Å². The molecule has 0 aliphatic carbocycles. The summed E-state index contributed by atoms with van der Waals surface area (Å²) in [7, 11) is 9.60. The monoisotopic (exact) mass is 452 g/mol. The van der Waals surface area contributed by atoms with Gasteiger partial charge in [-0.3, -0.25) is 0 Å². The Morgan fingerprint density at radius 1 is 0.613 bits per heavy atom. The molecule has 0 aliphatic rings. The normalized spacial score (nSPS) is 12.7. The first-order chi connectivity index (χ1) is 14.8. The van der Waals surface area contributed by atoms with E-state index in [-0.39, 0.29) is 0 Å². The molecule has 0 saturated heterocycles. The van der Waals surface area contributed by atoms with E-state index >= 15 is 0 Å². The lowest BCUT2D eigenvalue weighted by Crippen LogP contribution is -2.14. The van der Waals surface area contributed by atoms with Crippen LogP contribution in [0.4, 0.5) is 0 Å². The van der Waals surface area contributed by atoms with E-state index in [2.05, 4.69) is 13.8 Å². The quantitative estimate of drug-likeness (QED) is 0.452. The van der Waals surface area contributed by atoms with Crippen molar-refractivity contribution < 1.29 is 28.4 Å². The van der Waals surface area contributed by atoms with E-state index in [1.54, 1.807) is 42.7 Å². The van der Waals surface area contributed by atoms with Crippen molar-refractivity contribution in [3.05, 3.63) is 34.3 Å². The Kier molecular flexibility index (Phi) is 8.99. The second kappa shape index (κ2) is 11.2. The van der Waals surface area contributed by atoms with Gasteiger partial charge in [0.1, 0.15) is 0 Å². The van der Waals surface area contributed by atoms with Crippen molar-refractivity contribution in [1.82, 2.24) is 0 Å². The van der Waals surface area contributed by atoms with Gasteiger partial charge in [0.05, 0.1) is 47.7 Å². The lowest BCUT2D eigenvalue weighted by atomic mass is 9.85. The van der Waals surface area contributed by atoms with Gasteiger partial charge in [-0.2, -0.15) is 0 Å². The predicted octanol–water partition coefficient (Wildman–Crippen LogP) is 5.45. The van der Waals surface area contributed by atoms with Crippen LogP contribution in [-0.4, -0.2) is 42.7 Å². The molecule has 0 heterocycles. The van der Waals surface area contributed by atoms with Crippen LogP contribution in [0.1, 0.15) is 25.0 Å². The summed E-state index contributed by atoms with van der Waals surface area (Å²) in [6, 6.07) is 5.92. The van der Waals surface area contributed by atoms with Crippen molar-refractivity contribution in [2.24, 2.45) is 11.8 Å². The first-order valence-electron chi connectivity index (χ1n) is 10.1. The van der Waals surface area contributed by atoms with E-state index in [0.717, 1.165) is 24.0 Å². The minimum Gasteiger partial charge on any atom is -0.493 e. The third-order valence-corrected chi connectivity index (χ3v) is 6.05. The zero-order valence-electron chi connectivity index (χ0n) is 19.6. The largest absolute Gasteiger partial charge is 0.493 e. The Balaban J connectivity index is 2.26. The summed E-state index contributed by atoms with van der Waals surface area (Å²) in [5.41, 5.74) is 2.07. The molecule has 0 amide bonds. The summed E-state index contributed by atoms with van der Waals surface area (Å²) >= 11 is 6.64. The average molecular weight is 453 g/mol. The Morgan fingerprint density at radius 2 is 1.06 bits per heavy atom. The van der Waals surface area contributed by atoms with Crippen molar-refractivity contribution in [2.45, 2.75) is 26.7 Å². The highest BCUT2D eigenvalue weighted by Gasteiger charge is 2.23. The number of hydrogen-bond acceptors (Lipinski definition) is 6. The highest BCUT2D eigenvalue weighted by atomic mass is 35.5. The summed E-state index contributed by atoms with van der Waals surface area (Å²) in [6.45, 7) is 4.43. The molecule has 0 radical (unpaired) electrons. The Labute approximate surface area is 190 Å². The molecule has 0 saturated carbocycles. The number of ether oxygens (including phenoxy) is 6. The van der Waals surface area contributed by atoms with Gasteiger partial charge in [0.25, 0.3) is 0 Å². The molecule has 0 aromatic heterocycles. The fraction of sp³-hybridized carbons (Fsp3) is 0.500. The van der Waals surface area contributed by atoms with Crippen LogP contribution in [0.25, 0.3) is 0 Å². The molecule has 2 aromatic rings. The lowest BCUT2D eigenvalue weighted by Gasteiger charge is -2.23. The Morgan fingerprint density at radius 3 is 1.52 bits per heavy atom. The minimum atomic E-state index is 0.333. The summed E-state index contributed by atoms with van der Waals surface area (Å²) in [6.07, 6.45) is 1.61. The number of hydrogen-bond donors (Lipinski definition) is 0. The molecule has 172 valence electrons. The molecule has 0 bridgehead atoms. The molecule has 0 unspecified atom stereocenters. The van der Waals surface area contributed by atoms with Crippen molar-refractivity contribution in [3.8, 4) is 34.5 Å². The van der Waals surface area contributed by atoms with Gasteiger partial charge in [-0.25, -0.2) is 0 Å². The molecule has 31 heavy (non-hydrogen) atoms. The van der Waals surface area contributed by atoms with Crippen LogP contribution in [0.3, 0.4) is 0 Å². The van der Waals surface area contributed by atoms with Gasteiger partial charge in [-0.1, -0.05) is 25.4 Å². The molecular weight excluding hydrogens is 420 g/mol. The van der Waals surface area contributed by atoms with Gasteiger partial charge >= 0.3 is 0 Å². The van der Waals surface area contributed by atoms with Crippen molar-refractivity contribution in [1.29, 1.82) is 0 Å². The molecule has 0 aliphatic heterocycles. The van der Waals surface area contributed by atoms with Crippen molar-refractivity contribution >= 4 is 11.6 Å². The first-order valence-corrected chi connectivity index (χ1v) is 10.5. The van der Waals surface area contributed by atoms with Crippen LogP contribution in [0.15, 0.2) is 18.2 Å². The molecular formula is C24H33ClO6. The zero-order chi connectivity index (χ0) is 23.1. The third-order valence-electron chi connectivity index (χ3n) is 5.64. The maximum Gasteiger partial charge on any atom is 0.204 e. The zero-order valence-corrected chi connectivity index (χ0v) is 20.4. The predicted molar refractivity (Wildman–Crippen MR) is 123 cm³/mol. The summed E-state index contributed by atoms with van der Waals surface area (Å²) in [5, 5.41) is 0.548. The SMILES string of the molecule is COc1cc(C[C@@H](C)[C@H](C)Cc2cc(OC)c(OC)c(OC)c2Cl)cc(OC)c1OC. The maximum absolute atomic E-state index is 6.64.